The Morgan fingerprint density at radius 3 is 2.53 bits per heavy atom. The van der Waals surface area contributed by atoms with Crippen LogP contribution in [0.4, 0.5) is 0 Å². The molecule has 0 bridgehead atoms. The van der Waals surface area contributed by atoms with Crippen molar-refractivity contribution in [2.45, 2.75) is 30.0 Å². The second-order valence-electron chi connectivity index (χ2n) is 4.01. The highest BCUT2D eigenvalue weighted by atomic mass is 35.5. The maximum atomic E-state index is 6.33. The number of aryl methyl sites for hydroxylation is 1. The van der Waals surface area contributed by atoms with Gasteiger partial charge in [0.1, 0.15) is 0 Å². The lowest BCUT2D eigenvalue weighted by Gasteiger charge is -2.19. The maximum Gasteiger partial charge on any atom is 0.0546 e. The van der Waals surface area contributed by atoms with E-state index in [4.69, 9.17) is 11.6 Å². The fourth-order valence-electron chi connectivity index (χ4n) is 1.23. The van der Waals surface area contributed by atoms with E-state index in [2.05, 4.69) is 44.7 Å². The van der Waals surface area contributed by atoms with Gasteiger partial charge in [0, 0.05) is 10.6 Å². The molecule has 1 rings (SSSR count). The zero-order valence-electron chi connectivity index (χ0n) is 9.29. The Hall–Kier alpha value is -0.400. The number of benzene rings is 1. The number of rotatable bonds is 5. The van der Waals surface area contributed by atoms with Gasteiger partial charge in [-0.15, -0.1) is 29.9 Å². The van der Waals surface area contributed by atoms with Gasteiger partial charge in [-0.25, -0.2) is 0 Å². The number of hydrogen-bond donors (Lipinski definition) is 0. The molecule has 0 saturated carbocycles. The smallest absolute Gasteiger partial charge is 0.0546 e. The topological polar surface area (TPSA) is 0 Å². The van der Waals surface area contributed by atoms with Crippen molar-refractivity contribution in [3.63, 3.8) is 0 Å². The summed E-state index contributed by atoms with van der Waals surface area (Å²) < 4.78 is 0. The summed E-state index contributed by atoms with van der Waals surface area (Å²) >= 11 is 8.12. The molecule has 0 aliphatic carbocycles. The molecule has 0 spiro atoms. The molecule has 0 amide bonds. The fourth-order valence-corrected chi connectivity index (χ4v) is 2.41. The number of allylic oxidation sites excluding steroid dienone is 1. The molecule has 0 fully saturated rings. The highest BCUT2D eigenvalue weighted by Gasteiger charge is 2.18. The van der Waals surface area contributed by atoms with Crippen molar-refractivity contribution >= 4 is 23.4 Å². The molecule has 82 valence electrons. The van der Waals surface area contributed by atoms with E-state index < -0.39 is 0 Å². The summed E-state index contributed by atoms with van der Waals surface area (Å²) in [5, 5.41) is 0. The molecule has 0 aromatic heterocycles. The largest absolute Gasteiger partial charge is 0.124 e. The normalized spacial score (nSPS) is 14.6. The van der Waals surface area contributed by atoms with E-state index >= 15 is 0 Å². The highest BCUT2D eigenvalue weighted by Crippen LogP contribution is 2.29. The van der Waals surface area contributed by atoms with Crippen LogP contribution in [0.1, 0.15) is 18.9 Å². The second kappa shape index (κ2) is 5.62. The van der Waals surface area contributed by atoms with Crippen molar-refractivity contribution in [3.8, 4) is 0 Å². The van der Waals surface area contributed by atoms with Gasteiger partial charge in [0.25, 0.3) is 0 Å². The molecule has 0 saturated heterocycles. The minimum atomic E-state index is -0.183. The molecule has 0 heterocycles. The summed E-state index contributed by atoms with van der Waals surface area (Å²) in [5.74, 6) is 0.906. The third-order valence-corrected chi connectivity index (χ3v) is 3.96. The van der Waals surface area contributed by atoms with Gasteiger partial charge in [0.2, 0.25) is 0 Å². The van der Waals surface area contributed by atoms with Crippen molar-refractivity contribution in [2.75, 3.05) is 5.75 Å². The SMILES string of the molecule is C=CCC(C)(Cl)CSc1ccc(C)cc1. The van der Waals surface area contributed by atoms with Crippen LogP contribution in [0, 0.1) is 6.92 Å². The molecule has 1 aromatic rings. The molecule has 1 atom stereocenters. The lowest BCUT2D eigenvalue weighted by molar-refractivity contribution is 0.724. The average molecular weight is 241 g/mol. The third kappa shape index (κ3) is 4.76. The number of alkyl halides is 1. The first kappa shape index (κ1) is 12.7. The van der Waals surface area contributed by atoms with Gasteiger partial charge in [-0.2, -0.15) is 0 Å². The van der Waals surface area contributed by atoms with E-state index in [1.165, 1.54) is 10.5 Å². The molecule has 15 heavy (non-hydrogen) atoms. The summed E-state index contributed by atoms with van der Waals surface area (Å²) in [4.78, 5) is 1.09. The summed E-state index contributed by atoms with van der Waals surface area (Å²) in [5.41, 5.74) is 1.29. The number of thioether (sulfide) groups is 1. The average Bonchev–Trinajstić information content (AvgIpc) is 2.17. The fraction of sp³-hybridized carbons (Fsp3) is 0.385. The lowest BCUT2D eigenvalue weighted by atomic mass is 10.1. The van der Waals surface area contributed by atoms with Crippen LogP contribution in [-0.4, -0.2) is 10.6 Å². The van der Waals surface area contributed by atoms with Crippen molar-refractivity contribution in [1.82, 2.24) is 0 Å². The van der Waals surface area contributed by atoms with Gasteiger partial charge < -0.3 is 0 Å². The minimum absolute atomic E-state index is 0.183. The standard InChI is InChI=1S/C13H17ClS/c1-4-9-13(3,14)10-15-12-7-5-11(2)6-8-12/h4-8H,1,9-10H2,2-3H3. The van der Waals surface area contributed by atoms with Crippen LogP contribution < -0.4 is 0 Å². The molecule has 0 N–H and O–H groups in total. The van der Waals surface area contributed by atoms with E-state index in [0.29, 0.717) is 0 Å². The first-order valence-corrected chi connectivity index (χ1v) is 6.39. The molecule has 1 unspecified atom stereocenters. The monoisotopic (exact) mass is 240 g/mol. The molecular weight excluding hydrogens is 224 g/mol. The van der Waals surface area contributed by atoms with Crippen LogP contribution in [0.25, 0.3) is 0 Å². The summed E-state index contributed by atoms with van der Waals surface area (Å²) in [6.07, 6.45) is 2.72. The van der Waals surface area contributed by atoms with Crippen LogP contribution in [0.5, 0.6) is 0 Å². The summed E-state index contributed by atoms with van der Waals surface area (Å²) in [6.45, 7) is 7.87. The predicted molar refractivity (Wildman–Crippen MR) is 71.0 cm³/mol. The molecule has 0 nitrogen and oxygen atoms in total. The van der Waals surface area contributed by atoms with Crippen LogP contribution >= 0.6 is 23.4 Å². The van der Waals surface area contributed by atoms with Crippen molar-refractivity contribution in [3.05, 3.63) is 42.5 Å². The molecule has 2 heteroatoms. The zero-order chi connectivity index (χ0) is 11.3. The van der Waals surface area contributed by atoms with Gasteiger partial charge in [-0.3, -0.25) is 0 Å². The minimum Gasteiger partial charge on any atom is -0.124 e. The van der Waals surface area contributed by atoms with E-state index in [9.17, 15) is 0 Å². The maximum absolute atomic E-state index is 6.33. The van der Waals surface area contributed by atoms with Gasteiger partial charge >= 0.3 is 0 Å². The van der Waals surface area contributed by atoms with E-state index in [1.54, 1.807) is 11.8 Å². The number of hydrogen-bond acceptors (Lipinski definition) is 1. The molecule has 0 aliphatic rings. The van der Waals surface area contributed by atoms with E-state index in [1.807, 2.05) is 6.08 Å². The predicted octanol–water partition coefficient (Wildman–Crippen LogP) is 4.66. The molecule has 0 aliphatic heterocycles. The lowest BCUT2D eigenvalue weighted by Crippen LogP contribution is -2.18. The molecular formula is C13H17ClS. The van der Waals surface area contributed by atoms with Gasteiger partial charge in [-0.05, 0) is 32.4 Å². The van der Waals surface area contributed by atoms with Gasteiger partial charge in [0.05, 0.1) is 4.87 Å². The zero-order valence-corrected chi connectivity index (χ0v) is 10.9. The van der Waals surface area contributed by atoms with E-state index in [0.717, 1.165) is 12.2 Å². The van der Waals surface area contributed by atoms with Crippen molar-refractivity contribution < 1.29 is 0 Å². The highest BCUT2D eigenvalue weighted by molar-refractivity contribution is 7.99. The van der Waals surface area contributed by atoms with Crippen molar-refractivity contribution in [2.24, 2.45) is 0 Å². The second-order valence-corrected chi connectivity index (χ2v) is 5.97. The Bertz CT molecular complexity index is 314. The quantitative estimate of drug-likeness (QED) is 0.410. The number of halogens is 1. The van der Waals surface area contributed by atoms with Gasteiger partial charge in [-0.1, -0.05) is 23.8 Å². The Balaban J connectivity index is 2.49. The van der Waals surface area contributed by atoms with Crippen LogP contribution in [0.2, 0.25) is 0 Å². The first-order chi connectivity index (χ1) is 7.03. The Kier molecular flexibility index (Phi) is 4.75. The molecule has 0 radical (unpaired) electrons. The van der Waals surface area contributed by atoms with Crippen molar-refractivity contribution in [1.29, 1.82) is 0 Å². The van der Waals surface area contributed by atoms with Crippen LogP contribution in [-0.2, 0) is 0 Å². The molecule has 1 aromatic carbocycles. The Labute approximate surface area is 102 Å². The first-order valence-electron chi connectivity index (χ1n) is 5.03. The van der Waals surface area contributed by atoms with Crippen LogP contribution in [0.15, 0.2) is 41.8 Å². The summed E-state index contributed by atoms with van der Waals surface area (Å²) in [7, 11) is 0. The summed E-state index contributed by atoms with van der Waals surface area (Å²) in [6, 6.07) is 8.53. The van der Waals surface area contributed by atoms with Gasteiger partial charge in [0.15, 0.2) is 0 Å². The van der Waals surface area contributed by atoms with Crippen LogP contribution in [0.3, 0.4) is 0 Å². The van der Waals surface area contributed by atoms with E-state index in [-0.39, 0.29) is 4.87 Å². The third-order valence-electron chi connectivity index (χ3n) is 2.13. The Morgan fingerprint density at radius 1 is 1.40 bits per heavy atom. The Morgan fingerprint density at radius 2 is 2.00 bits per heavy atom.